The topological polar surface area (TPSA) is 74.1 Å². The molecule has 2 aliphatic heterocycles. The fraction of sp³-hybridized carbons (Fsp3) is 0.154. The summed E-state index contributed by atoms with van der Waals surface area (Å²) in [6, 6.07) is 18.4. The number of hydrogen-bond acceptors (Lipinski definition) is 5. The first-order valence-electron chi connectivity index (χ1n) is 11.1. The molecule has 2 amide bonds. The fourth-order valence-electron chi connectivity index (χ4n) is 4.00. The Labute approximate surface area is 215 Å². The van der Waals surface area contributed by atoms with Crippen molar-refractivity contribution in [1.82, 2.24) is 5.01 Å². The molecule has 3 aromatic carbocycles. The SMILES string of the molecule is O=C(C[C@H]1SC(N2N=C(c3ccc(F)cc3)C[C@H]2c2ccc(F)cc2)=NC1=O)Nc1cccc(Cl)c1. The lowest BCUT2D eigenvalue weighted by Crippen LogP contribution is -2.25. The van der Waals surface area contributed by atoms with Gasteiger partial charge in [-0.1, -0.05) is 53.7 Å². The Morgan fingerprint density at radius 1 is 1.06 bits per heavy atom. The first-order chi connectivity index (χ1) is 17.4. The maximum Gasteiger partial charge on any atom is 0.262 e. The third kappa shape index (κ3) is 5.32. The molecular weight excluding hydrogens is 506 g/mol. The summed E-state index contributed by atoms with van der Waals surface area (Å²) >= 11 is 7.12. The van der Waals surface area contributed by atoms with Gasteiger partial charge in [0.05, 0.1) is 11.8 Å². The van der Waals surface area contributed by atoms with Crippen LogP contribution < -0.4 is 5.32 Å². The number of carbonyl (C=O) groups excluding carboxylic acids is 2. The van der Waals surface area contributed by atoms with Gasteiger partial charge in [0.1, 0.15) is 16.9 Å². The summed E-state index contributed by atoms with van der Waals surface area (Å²) < 4.78 is 27.0. The molecule has 2 aliphatic rings. The van der Waals surface area contributed by atoms with Gasteiger partial charge in [-0.3, -0.25) is 9.59 Å². The van der Waals surface area contributed by atoms with Crippen LogP contribution in [0.5, 0.6) is 0 Å². The predicted molar refractivity (Wildman–Crippen MR) is 137 cm³/mol. The summed E-state index contributed by atoms with van der Waals surface area (Å²) in [4.78, 5) is 29.4. The van der Waals surface area contributed by atoms with E-state index in [0.29, 0.717) is 28.0 Å². The molecule has 2 heterocycles. The van der Waals surface area contributed by atoms with E-state index in [4.69, 9.17) is 16.7 Å². The number of nitrogens with one attached hydrogen (secondary N) is 1. The van der Waals surface area contributed by atoms with E-state index in [9.17, 15) is 18.4 Å². The summed E-state index contributed by atoms with van der Waals surface area (Å²) in [5.41, 5.74) is 2.74. The molecule has 0 spiro atoms. The molecule has 5 rings (SSSR count). The predicted octanol–water partition coefficient (Wildman–Crippen LogP) is 5.80. The number of carbonyl (C=O) groups is 2. The number of hydrazone groups is 1. The lowest BCUT2D eigenvalue weighted by Gasteiger charge is -2.23. The summed E-state index contributed by atoms with van der Waals surface area (Å²) in [7, 11) is 0. The van der Waals surface area contributed by atoms with Crippen LogP contribution in [0.25, 0.3) is 0 Å². The number of nitrogens with zero attached hydrogens (tertiary/aromatic N) is 3. The van der Waals surface area contributed by atoms with Crippen LogP contribution in [0.15, 0.2) is 82.9 Å². The van der Waals surface area contributed by atoms with Crippen LogP contribution in [0.3, 0.4) is 0 Å². The van der Waals surface area contributed by atoms with Crippen molar-refractivity contribution in [3.05, 3.63) is 101 Å². The van der Waals surface area contributed by atoms with Crippen molar-refractivity contribution in [3.8, 4) is 0 Å². The standard InChI is InChI=1S/C26H19ClF2N4O2S/c27-17-2-1-3-20(12-17)30-24(34)14-23-25(35)31-26(36-23)33-22(16-6-10-19(29)11-7-16)13-21(32-33)15-4-8-18(28)9-5-15/h1-12,22-23H,13-14H2,(H,30,34)/t22-,23+/m0/s1. The highest BCUT2D eigenvalue weighted by Crippen LogP contribution is 2.38. The number of rotatable bonds is 5. The largest absolute Gasteiger partial charge is 0.326 e. The molecule has 0 saturated carbocycles. The zero-order valence-electron chi connectivity index (χ0n) is 18.7. The third-order valence-electron chi connectivity index (χ3n) is 5.75. The van der Waals surface area contributed by atoms with Crippen LogP contribution >= 0.6 is 23.4 Å². The highest BCUT2D eigenvalue weighted by molar-refractivity contribution is 8.15. The molecule has 36 heavy (non-hydrogen) atoms. The van der Waals surface area contributed by atoms with E-state index in [2.05, 4.69) is 10.3 Å². The van der Waals surface area contributed by atoms with Gasteiger partial charge < -0.3 is 5.32 Å². The van der Waals surface area contributed by atoms with Gasteiger partial charge in [0.25, 0.3) is 5.91 Å². The lowest BCUT2D eigenvalue weighted by atomic mass is 9.98. The molecule has 0 saturated heterocycles. The number of amidine groups is 1. The maximum absolute atomic E-state index is 13.6. The van der Waals surface area contributed by atoms with Crippen molar-refractivity contribution in [1.29, 1.82) is 0 Å². The highest BCUT2D eigenvalue weighted by Gasteiger charge is 2.39. The van der Waals surface area contributed by atoms with Crippen molar-refractivity contribution in [2.24, 2.45) is 10.1 Å². The quantitative estimate of drug-likeness (QED) is 0.458. The second kappa shape index (κ2) is 10.2. The minimum Gasteiger partial charge on any atom is -0.326 e. The maximum atomic E-state index is 13.6. The molecule has 1 N–H and O–H groups in total. The highest BCUT2D eigenvalue weighted by atomic mass is 35.5. The second-order valence-corrected chi connectivity index (χ2v) is 9.88. The van der Waals surface area contributed by atoms with Gasteiger partial charge in [-0.2, -0.15) is 10.1 Å². The van der Waals surface area contributed by atoms with Crippen LogP contribution in [-0.4, -0.2) is 33.0 Å². The zero-order chi connectivity index (χ0) is 25.2. The van der Waals surface area contributed by atoms with Gasteiger partial charge in [0.15, 0.2) is 5.17 Å². The normalized spacial score (nSPS) is 19.3. The van der Waals surface area contributed by atoms with Crippen LogP contribution in [0.4, 0.5) is 14.5 Å². The number of benzene rings is 3. The molecule has 0 aliphatic carbocycles. The van der Waals surface area contributed by atoms with Gasteiger partial charge in [-0.25, -0.2) is 13.8 Å². The minimum absolute atomic E-state index is 0.0768. The van der Waals surface area contributed by atoms with Crippen molar-refractivity contribution in [3.63, 3.8) is 0 Å². The first-order valence-corrected chi connectivity index (χ1v) is 12.3. The van der Waals surface area contributed by atoms with Crippen molar-refractivity contribution >= 4 is 51.7 Å². The van der Waals surface area contributed by atoms with E-state index in [0.717, 1.165) is 22.9 Å². The van der Waals surface area contributed by atoms with Crippen LogP contribution in [0.2, 0.25) is 5.02 Å². The van der Waals surface area contributed by atoms with Crippen molar-refractivity contribution in [2.45, 2.75) is 24.1 Å². The molecule has 3 aromatic rings. The lowest BCUT2D eigenvalue weighted by molar-refractivity contribution is -0.121. The molecule has 182 valence electrons. The summed E-state index contributed by atoms with van der Waals surface area (Å²) in [6.07, 6.45) is 0.373. The average Bonchev–Trinajstić information content (AvgIpc) is 3.44. The average molecular weight is 525 g/mol. The summed E-state index contributed by atoms with van der Waals surface area (Å²) in [5.74, 6) is -1.49. The van der Waals surface area contributed by atoms with Crippen LogP contribution in [-0.2, 0) is 9.59 Å². The Hall–Kier alpha value is -3.56. The molecule has 0 aromatic heterocycles. The van der Waals surface area contributed by atoms with E-state index in [1.807, 2.05) is 0 Å². The van der Waals surface area contributed by atoms with E-state index >= 15 is 0 Å². The van der Waals surface area contributed by atoms with Crippen LogP contribution in [0.1, 0.15) is 30.0 Å². The fourth-order valence-corrected chi connectivity index (χ4v) is 5.25. The zero-order valence-corrected chi connectivity index (χ0v) is 20.3. The van der Waals surface area contributed by atoms with E-state index in [1.165, 1.54) is 24.3 Å². The number of aliphatic imine (C=N–C) groups is 1. The van der Waals surface area contributed by atoms with Crippen molar-refractivity contribution < 1.29 is 18.4 Å². The van der Waals surface area contributed by atoms with E-state index in [-0.39, 0.29) is 30.0 Å². The minimum atomic E-state index is -0.710. The molecule has 10 heteroatoms. The second-order valence-electron chi connectivity index (χ2n) is 8.27. The number of anilines is 1. The van der Waals surface area contributed by atoms with Gasteiger partial charge in [0.2, 0.25) is 5.91 Å². The number of halogens is 3. The molecule has 0 bridgehead atoms. The van der Waals surface area contributed by atoms with Gasteiger partial charge in [0, 0.05) is 23.6 Å². The Morgan fingerprint density at radius 3 is 2.44 bits per heavy atom. The van der Waals surface area contributed by atoms with Gasteiger partial charge in [-0.15, -0.1) is 0 Å². The van der Waals surface area contributed by atoms with E-state index < -0.39 is 11.2 Å². The number of hydrogen-bond donors (Lipinski definition) is 1. The first kappa shape index (κ1) is 24.1. The summed E-state index contributed by atoms with van der Waals surface area (Å²) in [5, 5.41) is 9.19. The Bertz CT molecular complexity index is 1380. The Balaban J connectivity index is 1.35. The summed E-state index contributed by atoms with van der Waals surface area (Å²) in [6.45, 7) is 0. The molecule has 6 nitrogen and oxygen atoms in total. The van der Waals surface area contributed by atoms with Gasteiger partial charge >= 0.3 is 0 Å². The number of thioether (sulfide) groups is 1. The monoisotopic (exact) mass is 524 g/mol. The molecule has 2 atom stereocenters. The molecule has 0 unspecified atom stereocenters. The molecule has 0 radical (unpaired) electrons. The molecular formula is C26H19ClF2N4O2S. The Kier molecular flexibility index (Phi) is 6.84. The molecule has 0 fully saturated rings. The van der Waals surface area contributed by atoms with E-state index in [1.54, 1.807) is 53.5 Å². The Morgan fingerprint density at radius 2 is 1.75 bits per heavy atom. The number of amides is 2. The van der Waals surface area contributed by atoms with Gasteiger partial charge in [-0.05, 0) is 53.6 Å². The third-order valence-corrected chi connectivity index (χ3v) is 7.12. The smallest absolute Gasteiger partial charge is 0.262 e. The van der Waals surface area contributed by atoms with Crippen LogP contribution in [0, 0.1) is 11.6 Å². The van der Waals surface area contributed by atoms with Crippen molar-refractivity contribution in [2.75, 3.05) is 5.32 Å².